The number of nitrogens with two attached hydrogens (primary N) is 2. The first-order valence-corrected chi connectivity index (χ1v) is 30.9. The van der Waals surface area contributed by atoms with Crippen LogP contribution in [0.25, 0.3) is 0 Å². The first-order chi connectivity index (χ1) is 34.3. The van der Waals surface area contributed by atoms with Crippen molar-refractivity contribution in [2.45, 2.75) is 287 Å². The van der Waals surface area contributed by atoms with Crippen molar-refractivity contribution < 1.29 is 54.5 Å². The Bertz CT molecular complexity index is 1320. The third-order valence-electron chi connectivity index (χ3n) is 9.50. The number of carbonyl (C=O) groups is 2. The summed E-state index contributed by atoms with van der Waals surface area (Å²) in [5, 5.41) is 10.9. The summed E-state index contributed by atoms with van der Waals surface area (Å²) in [6.45, 7) is 91.8. The molecule has 0 unspecified atom stereocenters. The van der Waals surface area contributed by atoms with Gasteiger partial charge in [-0.25, -0.2) is 9.59 Å². The van der Waals surface area contributed by atoms with Crippen molar-refractivity contribution in [2.75, 3.05) is 101 Å². The number of amides is 2. The second-order valence-electron chi connectivity index (χ2n) is 34.6. The number of ether oxygens (including phenoxy) is 2. The van der Waals surface area contributed by atoms with E-state index in [0.29, 0.717) is 51.0 Å². The van der Waals surface area contributed by atoms with E-state index in [1.807, 2.05) is 55.5 Å². The Morgan fingerprint density at radius 3 is 0.852 bits per heavy atom. The molecule has 0 aromatic heterocycles. The number of nitrogens with one attached hydrogen (secondary N) is 2. The van der Waals surface area contributed by atoms with Gasteiger partial charge < -0.3 is 70.3 Å². The highest BCUT2D eigenvalue weighted by atomic mass is 35.5. The van der Waals surface area contributed by atoms with E-state index in [0.717, 1.165) is 32.7 Å². The second-order valence-corrected chi connectivity index (χ2v) is 34.6. The maximum absolute atomic E-state index is 11.8. The van der Waals surface area contributed by atoms with Gasteiger partial charge in [0.05, 0.1) is 26.7 Å². The summed E-state index contributed by atoms with van der Waals surface area (Å²) in [6, 6.07) is 0. The summed E-state index contributed by atoms with van der Waals surface area (Å²) in [6.07, 6.45) is 2.06. The van der Waals surface area contributed by atoms with E-state index in [1.165, 1.54) is 32.5 Å². The van der Waals surface area contributed by atoms with Crippen molar-refractivity contribution in [1.82, 2.24) is 25.3 Å². The van der Waals surface area contributed by atoms with E-state index in [2.05, 4.69) is 262 Å². The second kappa shape index (κ2) is 50.0. The zero-order valence-corrected chi connectivity index (χ0v) is 65.4. The summed E-state index contributed by atoms with van der Waals surface area (Å²) >= 11 is 0. The number of quaternary nitrogens is 2. The molecule has 0 aliphatic rings. The summed E-state index contributed by atoms with van der Waals surface area (Å²) in [5.74, 6) is 0. The zero-order chi connectivity index (χ0) is 66.1. The summed E-state index contributed by atoms with van der Waals surface area (Å²) < 4.78 is 10.6. The molecule has 0 saturated heterocycles. The van der Waals surface area contributed by atoms with Crippen LogP contribution in [0.3, 0.4) is 0 Å². The van der Waals surface area contributed by atoms with Crippen LogP contribution in [0.15, 0.2) is 0 Å². The largest absolute Gasteiger partial charge is 1.00 e. The highest BCUT2D eigenvalue weighted by molar-refractivity contribution is 5.68. The summed E-state index contributed by atoms with van der Waals surface area (Å²) in [7, 11) is 10.0. The summed E-state index contributed by atoms with van der Waals surface area (Å²) in [5.41, 5.74) is 2.78. The molecule has 0 aliphatic heterocycles. The van der Waals surface area contributed by atoms with Crippen LogP contribution in [-0.2, 0) is 9.47 Å². The minimum absolute atomic E-state index is 0. The van der Waals surface area contributed by atoms with Crippen molar-refractivity contribution in [1.29, 1.82) is 0 Å². The van der Waals surface area contributed by atoms with E-state index >= 15 is 0 Å². The minimum atomic E-state index is -0.414. The standard InChI is InChI=1S/C12H25NO2.C11H23NO2.3C7H17N.2C6H15N.2C6H14.2ClH/c1-8-13(9-11(2,3)4)10(14)15-12(5,6)7;1-10(2,3)8-12(7)9(13)14-11(4,5)6;1-7(2,3)6-8(4)5;2*1-5-8-6-7(2,3)4;2*1-6(2,3)5-7-4;2*1-5-6(2,3)4;;/h8-9H2,1-7H3;8H2,1-7H3;6H2,1-5H3;2*8H,5-6H2,1-4H3;2*7H,5H2,1-4H3;2*5H2,1-4H3;2*1H. The zero-order valence-electron chi connectivity index (χ0n) is 63.9. The van der Waals surface area contributed by atoms with Gasteiger partial charge in [-0.05, 0) is 134 Å². The SMILES string of the molecule is CCC(C)(C)C.CCC(C)(C)C.CCN(CC(C)(C)C)C(=O)OC(C)(C)C.CCNCC(C)(C)C.CC[NH2+]CC(C)(C)C.CN(C)CC(C)(C)C.CN(CC(C)(C)C)C(=O)OC(C)(C)C.CNCC(C)(C)C.C[NH2+]CC(C)(C)C.[Cl-].[Cl-]. The molecule has 0 spiro atoms. The van der Waals surface area contributed by atoms with Gasteiger partial charge in [0.15, 0.2) is 0 Å². The lowest BCUT2D eigenvalue weighted by molar-refractivity contribution is -0.661. The van der Waals surface area contributed by atoms with E-state index in [4.69, 9.17) is 9.47 Å². The van der Waals surface area contributed by atoms with Gasteiger partial charge in [0, 0.05) is 44.1 Å². The Labute approximate surface area is 526 Å². The normalized spacial score (nSPS) is 12.0. The van der Waals surface area contributed by atoms with Crippen LogP contribution in [-0.4, -0.2) is 139 Å². The first kappa shape index (κ1) is 105. The van der Waals surface area contributed by atoms with Gasteiger partial charge in [0.25, 0.3) is 0 Å². The van der Waals surface area contributed by atoms with Crippen LogP contribution in [0.1, 0.15) is 276 Å². The van der Waals surface area contributed by atoms with E-state index in [-0.39, 0.29) is 47.8 Å². The van der Waals surface area contributed by atoms with Crippen molar-refractivity contribution in [2.24, 2.45) is 48.7 Å². The molecule has 0 rings (SSSR count). The average Bonchev–Trinajstić information content (AvgIpc) is 3.15. The van der Waals surface area contributed by atoms with Crippen LogP contribution in [0.4, 0.5) is 9.59 Å². The van der Waals surface area contributed by atoms with Gasteiger partial charge in [-0.15, -0.1) is 0 Å². The maximum atomic E-state index is 11.8. The molecule has 13 heteroatoms. The quantitative estimate of drug-likeness (QED) is 0.172. The summed E-state index contributed by atoms with van der Waals surface area (Å²) in [4.78, 5) is 28.9. The van der Waals surface area contributed by atoms with Crippen LogP contribution in [0.5, 0.6) is 0 Å². The van der Waals surface area contributed by atoms with Crippen LogP contribution < -0.4 is 46.1 Å². The fraction of sp³-hybridized carbons (Fsp3) is 0.971. The molecule has 81 heavy (non-hydrogen) atoms. The first-order valence-electron chi connectivity index (χ1n) is 30.9. The van der Waals surface area contributed by atoms with E-state index in [9.17, 15) is 9.59 Å². The van der Waals surface area contributed by atoms with Gasteiger partial charge in [0.2, 0.25) is 0 Å². The highest BCUT2D eigenvalue weighted by Gasteiger charge is 2.25. The molecule has 2 amide bonds. The van der Waals surface area contributed by atoms with Gasteiger partial charge in [-0.3, -0.25) is 0 Å². The predicted octanol–water partition coefficient (Wildman–Crippen LogP) is 10.4. The third-order valence-corrected chi connectivity index (χ3v) is 9.50. The fourth-order valence-corrected chi connectivity index (χ4v) is 5.49. The van der Waals surface area contributed by atoms with E-state index < -0.39 is 11.2 Å². The van der Waals surface area contributed by atoms with Gasteiger partial charge in [-0.1, -0.05) is 221 Å². The molecular formula is C68H159Cl2N7O4. The predicted molar refractivity (Wildman–Crippen MR) is 359 cm³/mol. The number of nitrogens with zero attached hydrogens (tertiary/aromatic N) is 3. The van der Waals surface area contributed by atoms with Crippen LogP contribution in [0, 0.1) is 48.7 Å². The lowest BCUT2D eigenvalue weighted by atomic mass is 9.94. The Kier molecular flexibility index (Phi) is 64.7. The van der Waals surface area contributed by atoms with Gasteiger partial charge in [0.1, 0.15) is 11.2 Å². The monoisotopic (exact) mass is 1210 g/mol. The molecule has 0 fully saturated rings. The topological polar surface area (TPSA) is 120 Å². The minimum Gasteiger partial charge on any atom is -1.00 e. The highest BCUT2D eigenvalue weighted by Crippen LogP contribution is 2.20. The number of hydrogen-bond acceptors (Lipinski definition) is 7. The van der Waals surface area contributed by atoms with E-state index in [1.54, 1.807) is 16.8 Å². The molecule has 0 aromatic rings. The molecule has 0 bridgehead atoms. The smallest absolute Gasteiger partial charge is 0.410 e. The molecule has 11 nitrogen and oxygen atoms in total. The fourth-order valence-electron chi connectivity index (χ4n) is 5.49. The molecule has 0 aliphatic carbocycles. The average molecular weight is 1210 g/mol. The number of hydrogen-bond donors (Lipinski definition) is 4. The Morgan fingerprint density at radius 1 is 0.420 bits per heavy atom. The molecule has 0 radical (unpaired) electrons. The van der Waals surface area contributed by atoms with Gasteiger partial charge >= 0.3 is 12.2 Å². The van der Waals surface area contributed by atoms with Gasteiger partial charge in [-0.2, -0.15) is 0 Å². The Balaban J connectivity index is -0.0000000769. The Hall–Kier alpha value is -1.08. The molecule has 6 N–H and O–H groups in total. The maximum Gasteiger partial charge on any atom is 0.410 e. The molecule has 0 heterocycles. The molecule has 0 aromatic carbocycles. The van der Waals surface area contributed by atoms with Crippen molar-refractivity contribution >= 4 is 12.2 Å². The lowest BCUT2D eigenvalue weighted by Crippen LogP contribution is -3.00. The van der Waals surface area contributed by atoms with Crippen LogP contribution in [0.2, 0.25) is 0 Å². The van der Waals surface area contributed by atoms with Crippen molar-refractivity contribution in [3.05, 3.63) is 0 Å². The lowest BCUT2D eigenvalue weighted by Gasteiger charge is -2.31. The number of halogens is 2. The molecular weight excluding hydrogens is 1050 g/mol. The van der Waals surface area contributed by atoms with Crippen molar-refractivity contribution in [3.8, 4) is 0 Å². The third kappa shape index (κ3) is 139. The van der Waals surface area contributed by atoms with Crippen molar-refractivity contribution in [3.63, 3.8) is 0 Å². The van der Waals surface area contributed by atoms with Crippen LogP contribution >= 0.6 is 0 Å². The molecule has 0 atom stereocenters. The molecule has 504 valence electrons. The number of carbonyl (C=O) groups excluding carboxylic acids is 2. The molecule has 0 saturated carbocycles. The Morgan fingerprint density at radius 2 is 0.728 bits per heavy atom. The number of rotatable bonds is 10.